The molecule has 0 saturated carbocycles. The highest BCUT2D eigenvalue weighted by atomic mass is 79.9. The summed E-state index contributed by atoms with van der Waals surface area (Å²) in [4.78, 5) is 27.1. The highest BCUT2D eigenvalue weighted by molar-refractivity contribution is 9.10. The van der Waals surface area contributed by atoms with Crippen molar-refractivity contribution in [2.75, 3.05) is 6.61 Å². The molecule has 0 aromatic heterocycles. The number of benzene rings is 3. The predicted octanol–water partition coefficient (Wildman–Crippen LogP) is 7.19. The van der Waals surface area contributed by atoms with E-state index in [1.807, 2.05) is 25.1 Å². The SMILES string of the molecule is CCOc1cc(/C=C2/SC(=O)N(Cc3ccccc3C#N)C2=O)cc(Br)c1OCc1ccccc1Cl. The molecule has 3 aromatic carbocycles. The Bertz CT molecular complexity index is 1400. The van der Waals surface area contributed by atoms with Crippen LogP contribution in [0.15, 0.2) is 70.0 Å². The number of nitrogens with zero attached hydrogens (tertiary/aromatic N) is 2. The molecular formula is C27H20BrClN2O4S. The Morgan fingerprint density at radius 2 is 1.81 bits per heavy atom. The molecule has 2 amide bonds. The van der Waals surface area contributed by atoms with E-state index in [1.165, 1.54) is 0 Å². The van der Waals surface area contributed by atoms with Gasteiger partial charge < -0.3 is 9.47 Å². The largest absolute Gasteiger partial charge is 0.490 e. The second-order valence-electron chi connectivity index (χ2n) is 7.68. The smallest absolute Gasteiger partial charge is 0.293 e. The van der Waals surface area contributed by atoms with Crippen LogP contribution in [-0.2, 0) is 17.9 Å². The summed E-state index contributed by atoms with van der Waals surface area (Å²) in [5.74, 6) is 0.591. The zero-order valence-corrected chi connectivity index (χ0v) is 22.3. The molecule has 0 spiro atoms. The minimum absolute atomic E-state index is 0.0362. The molecule has 0 aliphatic carbocycles. The molecule has 182 valence electrons. The molecule has 1 saturated heterocycles. The molecule has 1 fully saturated rings. The van der Waals surface area contributed by atoms with Crippen molar-refractivity contribution < 1.29 is 19.1 Å². The van der Waals surface area contributed by atoms with Gasteiger partial charge in [-0.15, -0.1) is 0 Å². The van der Waals surface area contributed by atoms with Crippen molar-refractivity contribution in [1.82, 2.24) is 4.90 Å². The van der Waals surface area contributed by atoms with Crippen LogP contribution in [0.25, 0.3) is 6.08 Å². The minimum atomic E-state index is -0.411. The Hall–Kier alpha value is -3.25. The van der Waals surface area contributed by atoms with Crippen molar-refractivity contribution in [2.24, 2.45) is 0 Å². The number of nitriles is 1. The maximum atomic E-state index is 13.0. The lowest BCUT2D eigenvalue weighted by atomic mass is 10.1. The van der Waals surface area contributed by atoms with Gasteiger partial charge in [0.2, 0.25) is 0 Å². The van der Waals surface area contributed by atoms with Gasteiger partial charge in [0, 0.05) is 10.6 Å². The van der Waals surface area contributed by atoms with Gasteiger partial charge in [0.05, 0.1) is 34.2 Å². The molecule has 4 rings (SSSR count). The van der Waals surface area contributed by atoms with Crippen LogP contribution in [0, 0.1) is 11.3 Å². The zero-order valence-electron chi connectivity index (χ0n) is 19.2. The normalized spacial score (nSPS) is 14.3. The lowest BCUT2D eigenvalue weighted by Crippen LogP contribution is -2.27. The fraction of sp³-hybridized carbons (Fsp3) is 0.148. The third kappa shape index (κ3) is 5.76. The molecule has 0 N–H and O–H groups in total. The highest BCUT2D eigenvalue weighted by Crippen LogP contribution is 2.40. The molecule has 0 unspecified atom stereocenters. The zero-order chi connectivity index (χ0) is 25.7. The molecule has 6 nitrogen and oxygen atoms in total. The van der Waals surface area contributed by atoms with Crippen LogP contribution in [0.4, 0.5) is 4.79 Å². The van der Waals surface area contributed by atoms with E-state index in [2.05, 4.69) is 22.0 Å². The molecule has 1 heterocycles. The van der Waals surface area contributed by atoms with Crippen molar-refractivity contribution >= 4 is 56.5 Å². The van der Waals surface area contributed by atoms with E-state index >= 15 is 0 Å². The average Bonchev–Trinajstić information content (AvgIpc) is 3.12. The molecule has 0 radical (unpaired) electrons. The lowest BCUT2D eigenvalue weighted by Gasteiger charge is -2.15. The van der Waals surface area contributed by atoms with Gasteiger partial charge in [-0.3, -0.25) is 14.5 Å². The van der Waals surface area contributed by atoms with E-state index in [0.29, 0.717) is 44.3 Å². The number of rotatable bonds is 8. The van der Waals surface area contributed by atoms with Gasteiger partial charge in [0.1, 0.15) is 6.61 Å². The third-order valence-electron chi connectivity index (χ3n) is 5.30. The molecule has 9 heteroatoms. The Morgan fingerprint density at radius 3 is 2.53 bits per heavy atom. The first-order valence-electron chi connectivity index (χ1n) is 11.0. The summed E-state index contributed by atoms with van der Waals surface area (Å²) in [6, 6.07) is 20.0. The maximum absolute atomic E-state index is 13.0. The van der Waals surface area contributed by atoms with Gasteiger partial charge in [-0.05, 0) is 76.1 Å². The monoisotopic (exact) mass is 582 g/mol. The standard InChI is InChI=1S/C27H20BrClN2O4S/c1-2-34-23-12-17(11-21(28)25(23)35-16-20-9-5-6-10-22(20)29)13-24-26(32)31(27(33)36-24)15-19-8-4-3-7-18(19)14-30/h3-13H,2,15-16H2,1H3/b24-13+. The number of imide groups is 1. The average molecular weight is 584 g/mol. The molecule has 1 aliphatic heterocycles. The lowest BCUT2D eigenvalue weighted by molar-refractivity contribution is -0.123. The number of hydrogen-bond donors (Lipinski definition) is 0. The first-order valence-corrected chi connectivity index (χ1v) is 13.0. The van der Waals surface area contributed by atoms with Gasteiger partial charge >= 0.3 is 0 Å². The summed E-state index contributed by atoms with van der Waals surface area (Å²) in [6.07, 6.45) is 1.65. The van der Waals surface area contributed by atoms with Crippen LogP contribution in [0.2, 0.25) is 5.02 Å². The number of hydrogen-bond acceptors (Lipinski definition) is 6. The van der Waals surface area contributed by atoms with Crippen molar-refractivity contribution in [2.45, 2.75) is 20.1 Å². The van der Waals surface area contributed by atoms with Crippen LogP contribution in [-0.4, -0.2) is 22.7 Å². The summed E-state index contributed by atoms with van der Waals surface area (Å²) in [5, 5.41) is 9.54. The number of thioether (sulfide) groups is 1. The molecule has 0 atom stereocenters. The Balaban J connectivity index is 1.57. The van der Waals surface area contributed by atoms with E-state index in [-0.39, 0.29) is 23.3 Å². The first kappa shape index (κ1) is 25.8. The van der Waals surface area contributed by atoms with Crippen LogP contribution >= 0.6 is 39.3 Å². The molecule has 1 aliphatic rings. The Labute approximate surface area is 226 Å². The summed E-state index contributed by atoms with van der Waals surface area (Å²) in [6.45, 7) is 2.56. The van der Waals surface area contributed by atoms with Crippen LogP contribution in [0.3, 0.4) is 0 Å². The molecular weight excluding hydrogens is 564 g/mol. The topological polar surface area (TPSA) is 79.6 Å². The van der Waals surface area contributed by atoms with Crippen molar-refractivity contribution in [3.63, 3.8) is 0 Å². The van der Waals surface area contributed by atoms with Gasteiger partial charge in [0.25, 0.3) is 11.1 Å². The molecule has 3 aromatic rings. The van der Waals surface area contributed by atoms with Crippen molar-refractivity contribution in [1.29, 1.82) is 5.26 Å². The molecule has 36 heavy (non-hydrogen) atoms. The Kier molecular flexibility index (Phi) is 8.36. The van der Waals surface area contributed by atoms with E-state index < -0.39 is 5.91 Å². The van der Waals surface area contributed by atoms with E-state index in [1.54, 1.807) is 48.5 Å². The van der Waals surface area contributed by atoms with Gasteiger partial charge in [-0.1, -0.05) is 48.0 Å². The number of carbonyl (C=O) groups excluding carboxylic acids is 2. The van der Waals surface area contributed by atoms with Gasteiger partial charge in [-0.2, -0.15) is 5.26 Å². The quantitative estimate of drug-likeness (QED) is 0.261. The third-order valence-corrected chi connectivity index (χ3v) is 7.16. The second-order valence-corrected chi connectivity index (χ2v) is 9.93. The van der Waals surface area contributed by atoms with Crippen LogP contribution in [0.1, 0.15) is 29.2 Å². The minimum Gasteiger partial charge on any atom is -0.490 e. The summed E-state index contributed by atoms with van der Waals surface area (Å²) in [7, 11) is 0. The van der Waals surface area contributed by atoms with Crippen molar-refractivity contribution in [3.8, 4) is 17.6 Å². The molecule has 0 bridgehead atoms. The first-order chi connectivity index (χ1) is 17.4. The van der Waals surface area contributed by atoms with Gasteiger partial charge in [-0.25, -0.2) is 0 Å². The van der Waals surface area contributed by atoms with Gasteiger partial charge in [0.15, 0.2) is 11.5 Å². The fourth-order valence-corrected chi connectivity index (χ4v) is 5.17. The summed E-state index contributed by atoms with van der Waals surface area (Å²) < 4.78 is 12.4. The maximum Gasteiger partial charge on any atom is 0.293 e. The van der Waals surface area contributed by atoms with Crippen LogP contribution < -0.4 is 9.47 Å². The second kappa shape index (κ2) is 11.7. The van der Waals surface area contributed by atoms with E-state index in [0.717, 1.165) is 22.2 Å². The predicted molar refractivity (Wildman–Crippen MR) is 144 cm³/mol. The summed E-state index contributed by atoms with van der Waals surface area (Å²) >= 11 is 10.6. The number of carbonyl (C=O) groups is 2. The highest BCUT2D eigenvalue weighted by Gasteiger charge is 2.35. The summed E-state index contributed by atoms with van der Waals surface area (Å²) in [5.41, 5.74) is 2.55. The Morgan fingerprint density at radius 1 is 1.08 bits per heavy atom. The van der Waals surface area contributed by atoms with Crippen LogP contribution in [0.5, 0.6) is 11.5 Å². The van der Waals surface area contributed by atoms with Crippen molar-refractivity contribution in [3.05, 3.63) is 97.3 Å². The van der Waals surface area contributed by atoms with E-state index in [4.69, 9.17) is 21.1 Å². The fourth-order valence-electron chi connectivity index (χ4n) is 3.56. The number of amides is 2. The number of ether oxygens (including phenoxy) is 2. The number of halogens is 2. The van der Waals surface area contributed by atoms with E-state index in [9.17, 15) is 14.9 Å².